The molecule has 0 aromatic carbocycles. The molecule has 0 aliphatic rings. The fourth-order valence-electron chi connectivity index (χ4n) is 3.63. The van der Waals surface area contributed by atoms with Crippen LogP contribution < -0.4 is 21.9 Å². The standard InChI is InChI=1S/C20H24N8O2/c1-4-27-16-17(24-19(27)25(2)11-9-21)26(3)20(30)28(18(16)29)12-13-7-8-14-15(23-13)6-5-10-22-14/h5-8,10H,4,9,11-12,21H2,1-3H3. The molecule has 10 nitrogen and oxygen atoms in total. The van der Waals surface area contributed by atoms with Crippen molar-refractivity contribution >= 4 is 28.1 Å². The average Bonchev–Trinajstić information content (AvgIpc) is 3.15. The van der Waals surface area contributed by atoms with Crippen molar-refractivity contribution in [3.05, 3.63) is 57.0 Å². The first-order valence-corrected chi connectivity index (χ1v) is 9.78. The molecule has 30 heavy (non-hydrogen) atoms. The van der Waals surface area contributed by atoms with Crippen molar-refractivity contribution < 1.29 is 0 Å². The molecule has 10 heteroatoms. The van der Waals surface area contributed by atoms with Crippen molar-refractivity contribution in [2.75, 3.05) is 25.0 Å². The van der Waals surface area contributed by atoms with Gasteiger partial charge in [-0.25, -0.2) is 9.78 Å². The zero-order chi connectivity index (χ0) is 21.4. The van der Waals surface area contributed by atoms with E-state index in [1.807, 2.05) is 35.6 Å². The van der Waals surface area contributed by atoms with Crippen molar-refractivity contribution in [1.82, 2.24) is 28.7 Å². The highest BCUT2D eigenvalue weighted by molar-refractivity contribution is 5.75. The van der Waals surface area contributed by atoms with Crippen LogP contribution in [0.25, 0.3) is 22.2 Å². The van der Waals surface area contributed by atoms with Crippen LogP contribution in [0.3, 0.4) is 0 Å². The minimum absolute atomic E-state index is 0.0646. The van der Waals surface area contributed by atoms with Crippen LogP contribution in [-0.4, -0.2) is 48.8 Å². The van der Waals surface area contributed by atoms with E-state index >= 15 is 0 Å². The molecule has 0 aliphatic carbocycles. The van der Waals surface area contributed by atoms with Crippen LogP contribution in [0.1, 0.15) is 12.6 Å². The first-order chi connectivity index (χ1) is 14.5. The summed E-state index contributed by atoms with van der Waals surface area (Å²) in [6, 6.07) is 7.27. The molecule has 0 unspecified atom stereocenters. The molecule has 4 aromatic heterocycles. The molecule has 156 valence electrons. The number of aromatic nitrogens is 6. The lowest BCUT2D eigenvalue weighted by Gasteiger charge is -2.17. The lowest BCUT2D eigenvalue weighted by Crippen LogP contribution is -2.40. The first-order valence-electron chi connectivity index (χ1n) is 9.78. The van der Waals surface area contributed by atoms with Gasteiger partial charge in [0, 0.05) is 39.9 Å². The summed E-state index contributed by atoms with van der Waals surface area (Å²) in [5.41, 5.74) is 7.68. The van der Waals surface area contributed by atoms with E-state index in [1.165, 1.54) is 9.13 Å². The number of hydrogen-bond donors (Lipinski definition) is 1. The van der Waals surface area contributed by atoms with E-state index < -0.39 is 5.69 Å². The van der Waals surface area contributed by atoms with Gasteiger partial charge in [0.05, 0.1) is 23.3 Å². The third-order valence-corrected chi connectivity index (χ3v) is 5.17. The number of aryl methyl sites for hydroxylation is 2. The highest BCUT2D eigenvalue weighted by atomic mass is 16.2. The summed E-state index contributed by atoms with van der Waals surface area (Å²) >= 11 is 0. The lowest BCUT2D eigenvalue weighted by molar-refractivity contribution is 0.644. The number of hydrogen-bond acceptors (Lipinski definition) is 7. The first kappa shape index (κ1) is 19.8. The molecule has 0 aliphatic heterocycles. The summed E-state index contributed by atoms with van der Waals surface area (Å²) in [6.45, 7) is 3.58. The van der Waals surface area contributed by atoms with Crippen molar-refractivity contribution in [3.63, 3.8) is 0 Å². The van der Waals surface area contributed by atoms with Gasteiger partial charge < -0.3 is 15.2 Å². The van der Waals surface area contributed by atoms with Crippen molar-refractivity contribution in [2.24, 2.45) is 12.8 Å². The maximum atomic E-state index is 13.3. The Morgan fingerprint density at radius 3 is 2.63 bits per heavy atom. The molecule has 0 saturated carbocycles. The smallest absolute Gasteiger partial charge is 0.332 e. The average molecular weight is 408 g/mol. The van der Waals surface area contributed by atoms with Crippen LogP contribution in [0.15, 0.2) is 40.1 Å². The highest BCUT2D eigenvalue weighted by Gasteiger charge is 2.21. The second kappa shape index (κ2) is 7.71. The molecule has 2 N–H and O–H groups in total. The topological polar surface area (TPSA) is 117 Å². The summed E-state index contributed by atoms with van der Waals surface area (Å²) in [7, 11) is 3.49. The predicted octanol–water partition coefficient (Wildman–Crippen LogP) is 0.303. The number of nitrogens with zero attached hydrogens (tertiary/aromatic N) is 7. The number of likely N-dealkylation sites (N-methyl/N-ethyl adjacent to an activating group) is 1. The van der Waals surface area contributed by atoms with Gasteiger partial charge in [0.25, 0.3) is 5.56 Å². The second-order valence-corrected chi connectivity index (χ2v) is 7.12. The molecule has 4 rings (SSSR count). The zero-order valence-corrected chi connectivity index (χ0v) is 17.2. The zero-order valence-electron chi connectivity index (χ0n) is 17.2. The highest BCUT2D eigenvalue weighted by Crippen LogP contribution is 2.18. The number of nitrogens with two attached hydrogens (primary N) is 1. The fourth-order valence-corrected chi connectivity index (χ4v) is 3.63. The second-order valence-electron chi connectivity index (χ2n) is 7.12. The monoisotopic (exact) mass is 408 g/mol. The number of fused-ring (bicyclic) bond motifs is 2. The molecule has 4 heterocycles. The third-order valence-electron chi connectivity index (χ3n) is 5.17. The van der Waals surface area contributed by atoms with E-state index in [1.54, 1.807) is 25.4 Å². The van der Waals surface area contributed by atoms with E-state index in [0.717, 1.165) is 5.52 Å². The van der Waals surface area contributed by atoms with E-state index in [0.29, 0.717) is 48.0 Å². The Morgan fingerprint density at radius 1 is 1.10 bits per heavy atom. The van der Waals surface area contributed by atoms with Crippen molar-refractivity contribution in [1.29, 1.82) is 0 Å². The number of imidazole rings is 1. The van der Waals surface area contributed by atoms with Crippen LogP contribution in [0.5, 0.6) is 0 Å². The molecule has 0 amide bonds. The molecule has 4 aromatic rings. The molecule has 0 radical (unpaired) electrons. The van der Waals surface area contributed by atoms with E-state index in [4.69, 9.17) is 5.73 Å². The summed E-state index contributed by atoms with van der Waals surface area (Å²) in [5.74, 6) is 0.609. The van der Waals surface area contributed by atoms with Gasteiger partial charge in [-0.1, -0.05) is 0 Å². The summed E-state index contributed by atoms with van der Waals surface area (Å²) < 4.78 is 4.43. The minimum Gasteiger partial charge on any atom is -0.344 e. The molecule has 0 fully saturated rings. The normalized spacial score (nSPS) is 11.5. The third kappa shape index (κ3) is 3.14. The molecular weight excluding hydrogens is 384 g/mol. The van der Waals surface area contributed by atoms with E-state index in [-0.39, 0.29) is 12.1 Å². The largest absolute Gasteiger partial charge is 0.344 e. The van der Waals surface area contributed by atoms with Crippen LogP contribution in [0.2, 0.25) is 0 Å². The summed E-state index contributed by atoms with van der Waals surface area (Å²) in [5, 5.41) is 0. The molecular formula is C20H24N8O2. The number of rotatable bonds is 6. The Kier molecular flexibility index (Phi) is 5.08. The Bertz CT molecular complexity index is 1350. The number of anilines is 1. The Hall–Kier alpha value is -3.53. The van der Waals surface area contributed by atoms with E-state index in [9.17, 15) is 9.59 Å². The van der Waals surface area contributed by atoms with Crippen LogP contribution >= 0.6 is 0 Å². The van der Waals surface area contributed by atoms with Crippen LogP contribution in [-0.2, 0) is 20.1 Å². The summed E-state index contributed by atoms with van der Waals surface area (Å²) in [4.78, 5) is 41.6. The van der Waals surface area contributed by atoms with Gasteiger partial charge in [0.15, 0.2) is 11.2 Å². The van der Waals surface area contributed by atoms with Gasteiger partial charge in [-0.2, -0.15) is 4.98 Å². The Balaban J connectivity index is 1.89. The van der Waals surface area contributed by atoms with Crippen LogP contribution in [0, 0.1) is 0 Å². The number of pyridine rings is 2. The SMILES string of the molecule is CCn1c(N(C)CCN)nc2c1c(=O)n(Cc1ccc3ncccc3n1)c(=O)n2C. The summed E-state index contributed by atoms with van der Waals surface area (Å²) in [6.07, 6.45) is 1.70. The van der Waals surface area contributed by atoms with E-state index in [2.05, 4.69) is 15.0 Å². The predicted molar refractivity (Wildman–Crippen MR) is 116 cm³/mol. The van der Waals surface area contributed by atoms with Gasteiger partial charge in [-0.05, 0) is 31.2 Å². The van der Waals surface area contributed by atoms with Gasteiger partial charge >= 0.3 is 5.69 Å². The van der Waals surface area contributed by atoms with Gasteiger partial charge in [0.2, 0.25) is 5.95 Å². The van der Waals surface area contributed by atoms with Crippen LogP contribution in [0.4, 0.5) is 5.95 Å². The molecule has 0 bridgehead atoms. The quantitative estimate of drug-likeness (QED) is 0.488. The van der Waals surface area contributed by atoms with Gasteiger partial charge in [-0.15, -0.1) is 0 Å². The maximum absolute atomic E-state index is 13.3. The molecule has 0 atom stereocenters. The maximum Gasteiger partial charge on any atom is 0.332 e. The van der Waals surface area contributed by atoms with Gasteiger partial charge in [0.1, 0.15) is 0 Å². The molecule has 0 spiro atoms. The lowest BCUT2D eigenvalue weighted by atomic mass is 10.2. The Morgan fingerprint density at radius 2 is 1.90 bits per heavy atom. The molecule has 0 saturated heterocycles. The van der Waals surface area contributed by atoms with Crippen molar-refractivity contribution in [2.45, 2.75) is 20.0 Å². The Labute approximate surface area is 172 Å². The van der Waals surface area contributed by atoms with Crippen molar-refractivity contribution in [3.8, 4) is 0 Å². The fraction of sp³-hybridized carbons (Fsp3) is 0.350. The minimum atomic E-state index is -0.436. The van der Waals surface area contributed by atoms with Gasteiger partial charge in [-0.3, -0.25) is 18.9 Å².